The number of benzene rings is 2. The number of alkyl halides is 3. The molecule has 3 heterocycles. The number of hydrogen-bond acceptors (Lipinski definition) is 7. The molecular formula is C32H31F3N6OS. The molecule has 0 atom stereocenters. The van der Waals surface area contributed by atoms with E-state index in [-0.39, 0.29) is 11.3 Å². The third-order valence-electron chi connectivity index (χ3n) is 7.18. The van der Waals surface area contributed by atoms with Crippen LogP contribution in [0, 0.1) is 18.8 Å². The van der Waals surface area contributed by atoms with Crippen LogP contribution < -0.4 is 10.6 Å². The predicted molar refractivity (Wildman–Crippen MR) is 164 cm³/mol. The van der Waals surface area contributed by atoms with Crippen LogP contribution in [-0.4, -0.2) is 65.9 Å². The van der Waals surface area contributed by atoms with Crippen molar-refractivity contribution in [2.45, 2.75) is 19.6 Å². The van der Waals surface area contributed by atoms with Crippen LogP contribution in [0.3, 0.4) is 0 Å². The highest BCUT2D eigenvalue weighted by Gasteiger charge is 2.31. The Bertz CT molecular complexity index is 1670. The fourth-order valence-electron chi connectivity index (χ4n) is 4.71. The summed E-state index contributed by atoms with van der Waals surface area (Å²) in [5.41, 5.74) is 2.88. The zero-order chi connectivity index (χ0) is 30.6. The average Bonchev–Trinajstić information content (AvgIpc) is 3.52. The molecule has 1 aliphatic heterocycles. The molecule has 1 amide bonds. The Morgan fingerprint density at radius 3 is 2.51 bits per heavy atom. The Labute approximate surface area is 252 Å². The van der Waals surface area contributed by atoms with Crippen molar-refractivity contribution in [1.82, 2.24) is 19.8 Å². The average molecular weight is 605 g/mol. The van der Waals surface area contributed by atoms with Gasteiger partial charge >= 0.3 is 6.18 Å². The highest BCUT2D eigenvalue weighted by Crippen LogP contribution is 2.33. The van der Waals surface area contributed by atoms with E-state index in [4.69, 9.17) is 0 Å². The van der Waals surface area contributed by atoms with E-state index in [0.29, 0.717) is 34.9 Å². The van der Waals surface area contributed by atoms with Gasteiger partial charge in [0, 0.05) is 62.8 Å². The second-order valence-electron chi connectivity index (χ2n) is 10.4. The molecule has 0 spiro atoms. The van der Waals surface area contributed by atoms with Crippen LogP contribution in [0.5, 0.6) is 0 Å². The number of amides is 1. The molecule has 0 radical (unpaired) electrons. The van der Waals surface area contributed by atoms with Gasteiger partial charge in [-0.3, -0.25) is 9.69 Å². The van der Waals surface area contributed by atoms with Gasteiger partial charge in [-0.15, -0.1) is 11.3 Å². The van der Waals surface area contributed by atoms with E-state index < -0.39 is 17.6 Å². The Morgan fingerprint density at radius 2 is 1.81 bits per heavy atom. The van der Waals surface area contributed by atoms with Gasteiger partial charge in [0.2, 0.25) is 5.95 Å². The molecule has 1 aliphatic rings. The van der Waals surface area contributed by atoms with Gasteiger partial charge in [0.15, 0.2) is 0 Å². The normalized spacial score (nSPS) is 14.2. The van der Waals surface area contributed by atoms with Gasteiger partial charge in [-0.2, -0.15) is 13.2 Å². The molecule has 2 N–H and O–H groups in total. The molecule has 1 saturated heterocycles. The third kappa shape index (κ3) is 7.59. The summed E-state index contributed by atoms with van der Waals surface area (Å²) in [5.74, 6) is 6.23. The molecule has 4 aromatic rings. The summed E-state index contributed by atoms with van der Waals surface area (Å²) in [6.45, 7) is 5.49. The molecule has 1 fully saturated rings. The zero-order valence-electron chi connectivity index (χ0n) is 24.0. The van der Waals surface area contributed by atoms with Gasteiger partial charge < -0.3 is 15.5 Å². The fraction of sp³-hybridized carbons (Fsp3) is 0.281. The fourth-order valence-corrected chi connectivity index (χ4v) is 5.44. The number of carbonyl (C=O) groups excluding carboxylic acids is 1. The number of hydrogen-bond donors (Lipinski definition) is 2. The number of anilines is 2. The first-order chi connectivity index (χ1) is 20.6. The van der Waals surface area contributed by atoms with Gasteiger partial charge in [-0.1, -0.05) is 24.0 Å². The summed E-state index contributed by atoms with van der Waals surface area (Å²) in [4.78, 5) is 27.4. The lowest BCUT2D eigenvalue weighted by atomic mass is 10.0. The number of thiophene rings is 1. The molecule has 222 valence electrons. The van der Waals surface area contributed by atoms with Gasteiger partial charge in [0.25, 0.3) is 5.91 Å². The minimum Gasteiger partial charge on any atom is -0.357 e. The molecule has 7 nitrogen and oxygen atoms in total. The molecule has 2 aromatic heterocycles. The van der Waals surface area contributed by atoms with E-state index in [1.54, 1.807) is 48.8 Å². The van der Waals surface area contributed by atoms with Gasteiger partial charge in [0.05, 0.1) is 16.0 Å². The van der Waals surface area contributed by atoms with Crippen molar-refractivity contribution < 1.29 is 18.0 Å². The van der Waals surface area contributed by atoms with Crippen LogP contribution in [0.1, 0.15) is 38.2 Å². The van der Waals surface area contributed by atoms with Crippen molar-refractivity contribution in [2.75, 3.05) is 50.9 Å². The minimum absolute atomic E-state index is 0.0968. The third-order valence-corrected chi connectivity index (χ3v) is 8.06. The van der Waals surface area contributed by atoms with Crippen molar-refractivity contribution >= 4 is 28.9 Å². The van der Waals surface area contributed by atoms with Gasteiger partial charge in [0.1, 0.15) is 5.69 Å². The first-order valence-electron chi connectivity index (χ1n) is 13.7. The Hall–Kier alpha value is -4.24. The van der Waals surface area contributed by atoms with Crippen LogP contribution in [0.4, 0.5) is 24.8 Å². The van der Waals surface area contributed by atoms with E-state index in [0.717, 1.165) is 48.8 Å². The van der Waals surface area contributed by atoms with Crippen LogP contribution >= 0.6 is 11.3 Å². The molecular weight excluding hydrogens is 573 g/mol. The van der Waals surface area contributed by atoms with E-state index in [9.17, 15) is 18.0 Å². The lowest BCUT2D eigenvalue weighted by Crippen LogP contribution is -2.43. The van der Waals surface area contributed by atoms with Crippen LogP contribution in [0.2, 0.25) is 0 Å². The minimum atomic E-state index is -4.54. The second-order valence-corrected chi connectivity index (χ2v) is 11.4. The van der Waals surface area contributed by atoms with Gasteiger partial charge in [-0.25, -0.2) is 9.97 Å². The summed E-state index contributed by atoms with van der Waals surface area (Å²) in [6, 6.07) is 12.7. The largest absolute Gasteiger partial charge is 0.416 e. The zero-order valence-corrected chi connectivity index (χ0v) is 24.9. The van der Waals surface area contributed by atoms with Crippen molar-refractivity contribution in [2.24, 2.45) is 0 Å². The number of halogens is 3. The van der Waals surface area contributed by atoms with E-state index in [1.807, 2.05) is 31.5 Å². The summed E-state index contributed by atoms with van der Waals surface area (Å²) in [6.07, 6.45) is -2.89. The van der Waals surface area contributed by atoms with E-state index in [2.05, 4.69) is 42.2 Å². The van der Waals surface area contributed by atoms with E-state index >= 15 is 0 Å². The predicted octanol–water partition coefficient (Wildman–Crippen LogP) is 5.97. The maximum absolute atomic E-state index is 13.8. The van der Waals surface area contributed by atoms with Gasteiger partial charge in [-0.05, 0) is 66.9 Å². The first kappa shape index (κ1) is 30.2. The molecule has 0 aliphatic carbocycles. The number of aromatic nitrogens is 2. The first-order valence-corrected chi connectivity index (χ1v) is 14.6. The Morgan fingerprint density at radius 1 is 1.05 bits per heavy atom. The molecule has 0 saturated carbocycles. The maximum Gasteiger partial charge on any atom is 0.416 e. The number of nitrogens with zero attached hydrogens (tertiary/aromatic N) is 4. The summed E-state index contributed by atoms with van der Waals surface area (Å²) < 4.78 is 41.3. The lowest BCUT2D eigenvalue weighted by Gasteiger charge is -2.32. The number of likely N-dealkylation sites (N-methyl/N-ethyl adjacent to an activating group) is 1. The number of carbonyl (C=O) groups is 1. The van der Waals surface area contributed by atoms with E-state index in [1.165, 1.54) is 0 Å². The molecule has 43 heavy (non-hydrogen) atoms. The lowest BCUT2D eigenvalue weighted by molar-refractivity contribution is -0.137. The van der Waals surface area contributed by atoms with Crippen molar-refractivity contribution in [1.29, 1.82) is 0 Å². The molecule has 11 heteroatoms. The number of piperazine rings is 1. The van der Waals surface area contributed by atoms with Crippen LogP contribution in [0.15, 0.2) is 60.1 Å². The van der Waals surface area contributed by atoms with Crippen molar-refractivity contribution in [3.05, 3.63) is 93.5 Å². The SMILES string of the molecule is CNc1ncc(C#Cc2cc(C(=O)Nc3cc(CN4CCN(C)CC4)cc(C(F)(F)F)c3)ccc2C)c(-c2cccs2)n1. The number of nitrogens with one attached hydrogen (secondary N) is 2. The monoisotopic (exact) mass is 604 g/mol. The Kier molecular flexibility index (Phi) is 9.11. The molecule has 0 bridgehead atoms. The molecule has 2 aromatic carbocycles. The molecule has 0 unspecified atom stereocenters. The van der Waals surface area contributed by atoms with Crippen LogP contribution in [-0.2, 0) is 12.7 Å². The standard InChI is InChI=1S/C32H31F3N6OS/c1-21-6-7-24(17-23(21)8-9-25-19-37-31(36-2)39-29(25)28-5-4-14-43-28)30(42)38-27-16-22(15-26(18-27)32(33,34)35)20-41-12-10-40(3)11-13-41/h4-7,14-19H,10-13,20H2,1-3H3,(H,38,42)(H,36,37,39). The number of rotatable bonds is 6. The number of aryl methyl sites for hydroxylation is 1. The summed E-state index contributed by atoms with van der Waals surface area (Å²) in [7, 11) is 3.77. The summed E-state index contributed by atoms with van der Waals surface area (Å²) in [5, 5.41) is 7.57. The van der Waals surface area contributed by atoms with Crippen molar-refractivity contribution in [3.8, 4) is 22.4 Å². The molecule has 5 rings (SSSR count). The Balaban J connectivity index is 1.39. The quantitative estimate of drug-likeness (QED) is 0.264. The topological polar surface area (TPSA) is 73.4 Å². The second kappa shape index (κ2) is 13.0. The highest BCUT2D eigenvalue weighted by molar-refractivity contribution is 7.13. The smallest absolute Gasteiger partial charge is 0.357 e. The van der Waals surface area contributed by atoms with Crippen LogP contribution in [0.25, 0.3) is 10.6 Å². The summed E-state index contributed by atoms with van der Waals surface area (Å²) >= 11 is 1.54. The van der Waals surface area contributed by atoms with Crippen molar-refractivity contribution in [3.63, 3.8) is 0 Å². The maximum atomic E-state index is 13.8. The highest BCUT2D eigenvalue weighted by atomic mass is 32.1.